The Kier molecular flexibility index (Phi) is 6.18. The van der Waals surface area contributed by atoms with E-state index in [1.807, 2.05) is 0 Å². The number of nitrogens with one attached hydrogen (secondary N) is 2. The zero-order valence-corrected chi connectivity index (χ0v) is 18.6. The molecule has 2 aromatic heterocycles. The molecular formula is C22H15ClF2N4O3S. The van der Waals surface area contributed by atoms with Crippen LogP contribution in [0.3, 0.4) is 0 Å². The average molecular weight is 489 g/mol. The molecule has 0 saturated heterocycles. The first kappa shape index (κ1) is 22.5. The Balaban J connectivity index is 1.68. The van der Waals surface area contributed by atoms with Crippen LogP contribution in [-0.2, 0) is 10.0 Å². The van der Waals surface area contributed by atoms with Gasteiger partial charge in [0.05, 0.1) is 28.1 Å². The largest absolute Gasteiger partial charge is 0.476 e. The molecule has 0 spiro atoms. The fraction of sp³-hybridized carbons (Fsp3) is 0.0909. The molecule has 0 aliphatic rings. The van der Waals surface area contributed by atoms with E-state index in [1.165, 1.54) is 30.5 Å². The lowest BCUT2D eigenvalue weighted by Gasteiger charge is -2.10. The van der Waals surface area contributed by atoms with Gasteiger partial charge in [-0.2, -0.15) is 0 Å². The van der Waals surface area contributed by atoms with Gasteiger partial charge < -0.3 is 4.74 Å². The lowest BCUT2D eigenvalue weighted by molar-refractivity contribution is 0.330. The summed E-state index contributed by atoms with van der Waals surface area (Å²) in [6.07, 6.45) is 1.41. The molecule has 2 N–H and O–H groups in total. The van der Waals surface area contributed by atoms with Crippen LogP contribution in [0.2, 0.25) is 5.02 Å². The van der Waals surface area contributed by atoms with Gasteiger partial charge in [0.1, 0.15) is 5.82 Å². The highest BCUT2D eigenvalue weighted by Gasteiger charge is 2.19. The molecular weight excluding hydrogens is 474 g/mol. The fourth-order valence-electron chi connectivity index (χ4n) is 2.91. The topological polar surface area (TPSA) is 97.0 Å². The average Bonchev–Trinajstić information content (AvgIpc) is 3.18. The Labute approximate surface area is 192 Å². The molecule has 0 atom stereocenters. The second kappa shape index (κ2) is 9.05. The Hall–Kier alpha value is -3.68. The second-order valence-electron chi connectivity index (χ2n) is 6.68. The number of ether oxygens (including phenoxy) is 1. The number of anilines is 1. The molecule has 0 fully saturated rings. The summed E-state index contributed by atoms with van der Waals surface area (Å²) in [7, 11) is -4.16. The van der Waals surface area contributed by atoms with Crippen LogP contribution in [0.1, 0.15) is 18.1 Å². The number of hydrogen-bond donors (Lipinski definition) is 2. The Bertz CT molecular complexity index is 1530. The van der Waals surface area contributed by atoms with Crippen LogP contribution < -0.4 is 9.46 Å². The van der Waals surface area contributed by atoms with Gasteiger partial charge in [0.15, 0.2) is 11.5 Å². The molecule has 33 heavy (non-hydrogen) atoms. The summed E-state index contributed by atoms with van der Waals surface area (Å²) in [6, 6.07) is 8.97. The van der Waals surface area contributed by atoms with Crippen molar-refractivity contribution in [1.29, 1.82) is 0 Å². The SMILES string of the molecule is CCOc1n[nH]c2ncc(C#Cc3c(F)ccc(NS(=O)(=O)c4cccc(Cl)c4)c3F)cc12. The molecule has 4 aromatic rings. The second-order valence-corrected chi connectivity index (χ2v) is 8.80. The first-order chi connectivity index (χ1) is 15.8. The van der Waals surface area contributed by atoms with Crippen molar-refractivity contribution in [3.05, 3.63) is 76.4 Å². The van der Waals surface area contributed by atoms with Crippen molar-refractivity contribution in [2.75, 3.05) is 11.3 Å². The van der Waals surface area contributed by atoms with E-state index in [0.29, 0.717) is 29.1 Å². The van der Waals surface area contributed by atoms with E-state index in [9.17, 15) is 17.2 Å². The van der Waals surface area contributed by atoms with Crippen molar-refractivity contribution >= 4 is 38.3 Å². The van der Waals surface area contributed by atoms with Crippen molar-refractivity contribution in [3.8, 4) is 17.7 Å². The predicted octanol–water partition coefficient (Wildman–Crippen LogP) is 4.49. The summed E-state index contributed by atoms with van der Waals surface area (Å²) < 4.78 is 61.9. The van der Waals surface area contributed by atoms with E-state index in [1.54, 1.807) is 13.0 Å². The molecule has 0 unspecified atom stereocenters. The maximum absolute atomic E-state index is 15.0. The molecule has 4 rings (SSSR count). The molecule has 2 heterocycles. The van der Waals surface area contributed by atoms with Crippen LogP contribution in [0.4, 0.5) is 14.5 Å². The molecule has 11 heteroatoms. The molecule has 0 bridgehead atoms. The summed E-state index contributed by atoms with van der Waals surface area (Å²) in [5.74, 6) is 3.29. The predicted molar refractivity (Wildman–Crippen MR) is 120 cm³/mol. The fourth-order valence-corrected chi connectivity index (χ4v) is 4.27. The molecule has 0 aliphatic carbocycles. The standard InChI is InChI=1S/C22H15ClF2N4O3S/c1-2-32-22-17-10-13(12-26-21(17)27-28-22)6-7-16-18(24)8-9-19(20(16)25)29-33(30,31)15-5-3-4-14(23)11-15/h3-5,8-12,29H,2H2,1H3,(H,26,27,28). The van der Waals surface area contributed by atoms with Crippen molar-refractivity contribution < 1.29 is 21.9 Å². The Morgan fingerprint density at radius 1 is 1.18 bits per heavy atom. The Morgan fingerprint density at radius 3 is 2.76 bits per heavy atom. The molecule has 0 saturated carbocycles. The van der Waals surface area contributed by atoms with Crippen molar-refractivity contribution in [3.63, 3.8) is 0 Å². The summed E-state index contributed by atoms with van der Waals surface area (Å²) in [5, 5.41) is 7.46. The van der Waals surface area contributed by atoms with E-state index in [-0.39, 0.29) is 9.92 Å². The molecule has 2 aromatic carbocycles. The maximum Gasteiger partial charge on any atom is 0.262 e. The zero-order valence-electron chi connectivity index (χ0n) is 17.0. The lowest BCUT2D eigenvalue weighted by atomic mass is 10.1. The maximum atomic E-state index is 15.0. The van der Waals surface area contributed by atoms with E-state index >= 15 is 0 Å². The number of hydrogen-bond acceptors (Lipinski definition) is 5. The smallest absolute Gasteiger partial charge is 0.262 e. The zero-order chi connectivity index (χ0) is 23.6. The van der Waals surface area contributed by atoms with Gasteiger partial charge in [0.2, 0.25) is 5.88 Å². The highest BCUT2D eigenvalue weighted by atomic mass is 35.5. The molecule has 7 nitrogen and oxygen atoms in total. The van der Waals surface area contributed by atoms with Crippen LogP contribution in [0.5, 0.6) is 5.88 Å². The van der Waals surface area contributed by atoms with E-state index in [2.05, 4.69) is 31.7 Å². The minimum atomic E-state index is -4.16. The number of aromatic amines is 1. The van der Waals surface area contributed by atoms with Crippen LogP contribution >= 0.6 is 11.6 Å². The summed E-state index contributed by atoms with van der Waals surface area (Å²) in [4.78, 5) is 3.99. The number of sulfonamides is 1. The minimum Gasteiger partial charge on any atom is -0.476 e. The van der Waals surface area contributed by atoms with Gasteiger partial charge in [-0.1, -0.05) is 29.5 Å². The highest BCUT2D eigenvalue weighted by Crippen LogP contribution is 2.25. The van der Waals surface area contributed by atoms with Crippen molar-refractivity contribution in [2.24, 2.45) is 0 Å². The number of rotatable bonds is 5. The van der Waals surface area contributed by atoms with Gasteiger partial charge in [-0.3, -0.25) is 9.82 Å². The van der Waals surface area contributed by atoms with Crippen LogP contribution in [-0.4, -0.2) is 30.2 Å². The van der Waals surface area contributed by atoms with E-state index < -0.39 is 32.9 Å². The number of benzene rings is 2. The molecule has 0 radical (unpaired) electrons. The third kappa shape index (κ3) is 4.74. The minimum absolute atomic E-state index is 0.170. The number of nitrogens with zero attached hydrogens (tertiary/aromatic N) is 2. The first-order valence-corrected chi connectivity index (χ1v) is 11.4. The van der Waals surface area contributed by atoms with Crippen LogP contribution in [0.15, 0.2) is 53.6 Å². The molecule has 168 valence electrons. The number of fused-ring (bicyclic) bond motifs is 1. The van der Waals surface area contributed by atoms with Gasteiger partial charge in [0, 0.05) is 16.8 Å². The van der Waals surface area contributed by atoms with E-state index in [0.717, 1.165) is 12.1 Å². The van der Waals surface area contributed by atoms with Gasteiger partial charge >= 0.3 is 0 Å². The summed E-state index contributed by atoms with van der Waals surface area (Å²) >= 11 is 5.83. The van der Waals surface area contributed by atoms with Crippen molar-refractivity contribution in [2.45, 2.75) is 11.8 Å². The van der Waals surface area contributed by atoms with Crippen molar-refractivity contribution in [1.82, 2.24) is 15.2 Å². The highest BCUT2D eigenvalue weighted by molar-refractivity contribution is 7.92. The van der Waals surface area contributed by atoms with Gasteiger partial charge in [-0.25, -0.2) is 22.2 Å². The normalized spacial score (nSPS) is 11.2. The Morgan fingerprint density at radius 2 is 2.00 bits per heavy atom. The molecule has 0 aliphatic heterocycles. The molecule has 0 amide bonds. The third-order valence-electron chi connectivity index (χ3n) is 4.44. The van der Waals surface area contributed by atoms with E-state index in [4.69, 9.17) is 16.3 Å². The number of aromatic nitrogens is 3. The first-order valence-electron chi connectivity index (χ1n) is 9.54. The van der Waals surface area contributed by atoms with Gasteiger partial charge in [-0.05, 0) is 43.3 Å². The number of pyridine rings is 1. The van der Waals surface area contributed by atoms with Gasteiger partial charge in [0.25, 0.3) is 10.0 Å². The quantitative estimate of drug-likeness (QED) is 0.403. The lowest BCUT2D eigenvalue weighted by Crippen LogP contribution is -2.14. The van der Waals surface area contributed by atoms with Gasteiger partial charge in [-0.15, -0.1) is 5.10 Å². The number of halogens is 3. The monoisotopic (exact) mass is 488 g/mol. The summed E-state index contributed by atoms with van der Waals surface area (Å²) in [5.41, 5.74) is -0.228. The number of H-pyrrole nitrogens is 1. The summed E-state index contributed by atoms with van der Waals surface area (Å²) in [6.45, 7) is 2.20. The third-order valence-corrected chi connectivity index (χ3v) is 6.03. The van der Waals surface area contributed by atoms with Crippen LogP contribution in [0.25, 0.3) is 11.0 Å². The van der Waals surface area contributed by atoms with Crippen LogP contribution in [0, 0.1) is 23.5 Å².